The third-order valence-electron chi connectivity index (χ3n) is 7.97. The number of carbonyl (C=O) groups excluding carboxylic acids is 1. The molecule has 4 rings (SSSR count). The minimum atomic E-state index is -0.187. The van der Waals surface area contributed by atoms with E-state index in [0.29, 0.717) is 6.61 Å². The summed E-state index contributed by atoms with van der Waals surface area (Å²) in [5.74, 6) is 0.893. The van der Waals surface area contributed by atoms with Crippen molar-refractivity contribution >= 4 is 11.8 Å². The third-order valence-corrected chi connectivity index (χ3v) is 7.97. The van der Waals surface area contributed by atoms with Gasteiger partial charge in [0.2, 0.25) is 0 Å². The average Bonchev–Trinajstić information content (AvgIpc) is 3.07. The first kappa shape index (κ1) is 25.7. The number of hydrogen-bond acceptors (Lipinski definition) is 5. The monoisotopic (exact) mass is 477 g/mol. The van der Waals surface area contributed by atoms with E-state index < -0.39 is 0 Å². The van der Waals surface area contributed by atoms with Crippen LogP contribution in [0.15, 0.2) is 36.4 Å². The lowest BCUT2D eigenvalue weighted by Gasteiger charge is -2.42. The number of nitrogens with zero attached hydrogens (tertiary/aromatic N) is 3. The van der Waals surface area contributed by atoms with Crippen LogP contribution >= 0.6 is 0 Å². The molecule has 0 bridgehead atoms. The first-order valence-electron chi connectivity index (χ1n) is 13.4. The number of carbonyl (C=O) groups is 1. The van der Waals surface area contributed by atoms with E-state index in [1.165, 1.54) is 36.5 Å². The molecule has 2 aliphatic rings. The minimum Gasteiger partial charge on any atom is -0.466 e. The Kier molecular flexibility index (Phi) is 7.85. The fraction of sp³-hybridized carbons (Fsp3) is 0.600. The van der Waals surface area contributed by atoms with E-state index in [-0.39, 0.29) is 16.8 Å². The molecule has 1 aromatic carbocycles. The molecule has 1 fully saturated rings. The van der Waals surface area contributed by atoms with Gasteiger partial charge in [-0.2, -0.15) is 0 Å². The van der Waals surface area contributed by atoms with Crippen molar-refractivity contribution in [2.24, 2.45) is 0 Å². The van der Waals surface area contributed by atoms with Gasteiger partial charge in [-0.15, -0.1) is 0 Å². The van der Waals surface area contributed by atoms with E-state index in [4.69, 9.17) is 9.72 Å². The molecule has 0 amide bonds. The van der Waals surface area contributed by atoms with Gasteiger partial charge >= 0.3 is 5.97 Å². The van der Waals surface area contributed by atoms with Crippen LogP contribution < -0.4 is 4.90 Å². The molecule has 0 spiro atoms. The third kappa shape index (κ3) is 6.24. The number of hydrogen-bond donors (Lipinski definition) is 0. The molecular formula is C30H43N3O2. The Hall–Kier alpha value is -2.40. The van der Waals surface area contributed by atoms with Crippen LogP contribution in [0.25, 0.3) is 11.3 Å². The lowest BCUT2D eigenvalue weighted by Crippen LogP contribution is -2.33. The summed E-state index contributed by atoms with van der Waals surface area (Å²) < 4.78 is 5.06. The lowest BCUT2D eigenvalue weighted by atomic mass is 9.63. The van der Waals surface area contributed by atoms with Gasteiger partial charge in [-0.25, -0.2) is 4.98 Å². The number of rotatable bonds is 7. The van der Waals surface area contributed by atoms with Crippen LogP contribution in [0.1, 0.15) is 77.8 Å². The highest BCUT2D eigenvalue weighted by molar-refractivity contribution is 5.66. The van der Waals surface area contributed by atoms with Crippen LogP contribution in [-0.4, -0.2) is 55.2 Å². The number of unbranched alkanes of at least 4 members (excludes halogenated alkanes) is 1. The van der Waals surface area contributed by atoms with Gasteiger partial charge in [-0.05, 0) is 85.3 Å². The molecule has 1 aliphatic heterocycles. The maximum absolute atomic E-state index is 10.9. The lowest BCUT2D eigenvalue weighted by molar-refractivity contribution is -0.141. The summed E-state index contributed by atoms with van der Waals surface area (Å²) in [5.41, 5.74) is 5.70. The van der Waals surface area contributed by atoms with Crippen molar-refractivity contribution < 1.29 is 9.53 Å². The van der Waals surface area contributed by atoms with Crippen LogP contribution in [0.4, 0.5) is 5.82 Å². The Morgan fingerprint density at radius 3 is 2.49 bits per heavy atom. The van der Waals surface area contributed by atoms with Crippen molar-refractivity contribution in [3.05, 3.63) is 47.5 Å². The predicted molar refractivity (Wildman–Crippen MR) is 144 cm³/mol. The zero-order valence-electron chi connectivity index (χ0n) is 22.4. The number of esters is 1. The zero-order valence-corrected chi connectivity index (χ0v) is 22.4. The van der Waals surface area contributed by atoms with E-state index in [0.717, 1.165) is 63.5 Å². The van der Waals surface area contributed by atoms with Gasteiger partial charge in [0.15, 0.2) is 0 Å². The highest BCUT2D eigenvalue weighted by Gasteiger charge is 2.37. The molecule has 1 saturated heterocycles. The van der Waals surface area contributed by atoms with Gasteiger partial charge in [-0.3, -0.25) is 4.79 Å². The van der Waals surface area contributed by atoms with E-state index in [2.05, 4.69) is 73.9 Å². The first-order valence-corrected chi connectivity index (χ1v) is 13.4. The molecule has 35 heavy (non-hydrogen) atoms. The fourth-order valence-electron chi connectivity index (χ4n) is 5.59. The van der Waals surface area contributed by atoms with Crippen LogP contribution in [0.5, 0.6) is 0 Å². The number of benzene rings is 1. The molecule has 0 N–H and O–H groups in total. The van der Waals surface area contributed by atoms with Crippen molar-refractivity contribution in [1.29, 1.82) is 0 Å². The fourth-order valence-corrected chi connectivity index (χ4v) is 5.59. The molecule has 0 saturated carbocycles. The topological polar surface area (TPSA) is 45.7 Å². The largest absolute Gasteiger partial charge is 0.466 e. The van der Waals surface area contributed by atoms with E-state index in [1.807, 2.05) is 0 Å². The van der Waals surface area contributed by atoms with Crippen LogP contribution in [0.2, 0.25) is 0 Å². The molecule has 2 aromatic rings. The highest BCUT2D eigenvalue weighted by atomic mass is 16.5. The van der Waals surface area contributed by atoms with E-state index >= 15 is 0 Å². The smallest absolute Gasteiger partial charge is 0.302 e. The SMILES string of the molecule is CC(=O)OCCCCN1CCCN(c2cccc(-c3ccc4c(c3)C(C)(C)CCC4(C)C)n2)CC1. The van der Waals surface area contributed by atoms with Gasteiger partial charge in [0.25, 0.3) is 0 Å². The van der Waals surface area contributed by atoms with Crippen molar-refractivity contribution in [3.8, 4) is 11.3 Å². The van der Waals surface area contributed by atoms with Crippen LogP contribution in [-0.2, 0) is 20.4 Å². The second kappa shape index (κ2) is 10.7. The number of ether oxygens (including phenoxy) is 1. The van der Waals surface area contributed by atoms with E-state index in [9.17, 15) is 4.79 Å². The molecule has 0 radical (unpaired) electrons. The summed E-state index contributed by atoms with van der Waals surface area (Å²) in [7, 11) is 0. The zero-order chi connectivity index (χ0) is 25.1. The summed E-state index contributed by atoms with van der Waals surface area (Å²) in [4.78, 5) is 21.0. The summed E-state index contributed by atoms with van der Waals surface area (Å²) in [6.07, 6.45) is 5.58. The Bertz CT molecular complexity index is 1030. The van der Waals surface area contributed by atoms with Crippen molar-refractivity contribution in [1.82, 2.24) is 9.88 Å². The molecule has 2 heterocycles. The summed E-state index contributed by atoms with van der Waals surface area (Å²) in [5, 5.41) is 0. The molecule has 1 aromatic heterocycles. The molecule has 0 atom stereocenters. The molecule has 5 heteroatoms. The Labute approximate surface area is 211 Å². The van der Waals surface area contributed by atoms with Gasteiger partial charge in [-0.1, -0.05) is 45.9 Å². The van der Waals surface area contributed by atoms with Crippen molar-refractivity contribution in [3.63, 3.8) is 0 Å². The molecule has 5 nitrogen and oxygen atoms in total. The second-order valence-electron chi connectivity index (χ2n) is 11.6. The molecule has 1 aliphatic carbocycles. The molecule has 0 unspecified atom stereocenters. The number of aromatic nitrogens is 1. The second-order valence-corrected chi connectivity index (χ2v) is 11.6. The highest BCUT2D eigenvalue weighted by Crippen LogP contribution is 2.46. The van der Waals surface area contributed by atoms with Crippen LogP contribution in [0.3, 0.4) is 0 Å². The summed E-state index contributed by atoms with van der Waals surface area (Å²) in [6.45, 7) is 16.8. The Morgan fingerprint density at radius 2 is 1.71 bits per heavy atom. The summed E-state index contributed by atoms with van der Waals surface area (Å²) in [6, 6.07) is 13.5. The maximum Gasteiger partial charge on any atom is 0.302 e. The quantitative estimate of drug-likeness (QED) is 0.364. The van der Waals surface area contributed by atoms with Gasteiger partial charge < -0.3 is 14.5 Å². The molecule has 190 valence electrons. The Balaban J connectivity index is 1.43. The number of fused-ring (bicyclic) bond motifs is 1. The van der Waals surface area contributed by atoms with Crippen molar-refractivity contribution in [2.45, 2.75) is 77.6 Å². The maximum atomic E-state index is 10.9. The average molecular weight is 478 g/mol. The van der Waals surface area contributed by atoms with Crippen LogP contribution in [0, 0.1) is 0 Å². The standard InChI is InChI=1S/C30H43N3O2/c1-23(34)35-21-7-6-16-32-17-9-18-33(20-19-32)28-11-8-10-27(31-28)24-12-13-25-26(22-24)30(4,5)15-14-29(25,2)3/h8,10-13,22H,6-7,9,14-21H2,1-5H3. The normalized spacial score (nSPS) is 19.6. The predicted octanol–water partition coefficient (Wildman–Crippen LogP) is 5.95. The first-order chi connectivity index (χ1) is 16.7. The van der Waals surface area contributed by atoms with Gasteiger partial charge in [0.05, 0.1) is 12.3 Å². The van der Waals surface area contributed by atoms with Crippen molar-refractivity contribution in [2.75, 3.05) is 44.2 Å². The minimum absolute atomic E-state index is 0.187. The molecular weight excluding hydrogens is 434 g/mol. The van der Waals surface area contributed by atoms with Gasteiger partial charge in [0.1, 0.15) is 5.82 Å². The summed E-state index contributed by atoms with van der Waals surface area (Å²) >= 11 is 0. The van der Waals surface area contributed by atoms with E-state index in [1.54, 1.807) is 0 Å². The van der Waals surface area contributed by atoms with Gasteiger partial charge in [0, 0.05) is 32.1 Å². The Morgan fingerprint density at radius 1 is 0.943 bits per heavy atom. The number of pyridine rings is 1. The number of anilines is 1.